The van der Waals surface area contributed by atoms with Gasteiger partial charge < -0.3 is 21.4 Å². The number of nitrogens with one attached hydrogen (secondary N) is 4. The third-order valence-corrected chi connectivity index (χ3v) is 4.92. The van der Waals surface area contributed by atoms with Crippen molar-refractivity contribution in [1.29, 1.82) is 10.8 Å². The molecule has 8 nitrogen and oxygen atoms in total. The van der Waals surface area contributed by atoms with Crippen molar-refractivity contribution in [2.45, 2.75) is 19.0 Å². The predicted octanol–water partition coefficient (Wildman–Crippen LogP) is 4.69. The van der Waals surface area contributed by atoms with Crippen LogP contribution >= 0.6 is 0 Å². The van der Waals surface area contributed by atoms with E-state index in [0.29, 0.717) is 16.8 Å². The highest BCUT2D eigenvalue weighted by molar-refractivity contribution is 6.04. The molecule has 0 radical (unpaired) electrons. The number of halogens is 4. The Morgan fingerprint density at radius 3 is 2.47 bits per heavy atom. The highest BCUT2D eigenvalue weighted by atomic mass is 19.4. The van der Waals surface area contributed by atoms with Crippen molar-refractivity contribution in [3.8, 4) is 11.1 Å². The quantitative estimate of drug-likeness (QED) is 0.184. The number of para-hydroxylation sites is 1. The molecule has 2 aromatic heterocycles. The number of aromatic nitrogens is 3. The molecule has 0 aliphatic rings. The standard InChI is InChI=1S/C22H20F4N8/c1-12(13(7-27)8-30-17-5-3-2-4-16(17)23)18-6-15(19(34-18)20(29)33-11-28)14-9-31-21(32-10-14)22(24,25)26/h2-12,27,30,34H,1H3,(H3,28,29,33)/b13-8+,27-7?. The van der Waals surface area contributed by atoms with Gasteiger partial charge in [-0.3, -0.25) is 5.41 Å². The van der Waals surface area contributed by atoms with E-state index in [2.05, 4.69) is 25.3 Å². The summed E-state index contributed by atoms with van der Waals surface area (Å²) in [7, 11) is 0. The van der Waals surface area contributed by atoms with Crippen molar-refractivity contribution in [3.63, 3.8) is 0 Å². The van der Waals surface area contributed by atoms with Crippen LogP contribution in [0.4, 0.5) is 23.2 Å². The normalized spacial score (nSPS) is 13.4. The summed E-state index contributed by atoms with van der Waals surface area (Å²) in [5.41, 5.74) is 8.04. The van der Waals surface area contributed by atoms with Crippen molar-refractivity contribution >= 4 is 24.1 Å². The minimum Gasteiger partial charge on any atom is -0.382 e. The van der Waals surface area contributed by atoms with Crippen molar-refractivity contribution in [2.24, 2.45) is 10.7 Å². The lowest BCUT2D eigenvalue weighted by atomic mass is 9.98. The number of hydrogen-bond donors (Lipinski definition) is 5. The number of benzene rings is 1. The number of alkyl halides is 3. The summed E-state index contributed by atoms with van der Waals surface area (Å²) < 4.78 is 52.4. The van der Waals surface area contributed by atoms with Gasteiger partial charge in [0, 0.05) is 47.5 Å². The van der Waals surface area contributed by atoms with Gasteiger partial charge in [-0.05, 0) is 23.8 Å². The highest BCUT2D eigenvalue weighted by Gasteiger charge is 2.34. The Kier molecular flexibility index (Phi) is 7.19. The molecular weight excluding hydrogens is 452 g/mol. The number of rotatable bonds is 8. The van der Waals surface area contributed by atoms with Crippen molar-refractivity contribution in [1.82, 2.24) is 15.0 Å². The largest absolute Gasteiger partial charge is 0.451 e. The lowest BCUT2D eigenvalue weighted by Gasteiger charge is -2.12. The second-order valence-electron chi connectivity index (χ2n) is 7.08. The summed E-state index contributed by atoms with van der Waals surface area (Å²) in [6.45, 7) is 1.77. The van der Waals surface area contributed by atoms with E-state index in [1.807, 2.05) is 0 Å². The maximum Gasteiger partial charge on any atom is 0.451 e. The fraction of sp³-hybridized carbons (Fsp3) is 0.136. The van der Waals surface area contributed by atoms with Gasteiger partial charge in [0.1, 0.15) is 18.0 Å². The van der Waals surface area contributed by atoms with Crippen LogP contribution in [0.2, 0.25) is 0 Å². The van der Waals surface area contributed by atoms with Crippen molar-refractivity contribution in [2.75, 3.05) is 5.32 Å². The average Bonchev–Trinajstić information content (AvgIpc) is 3.26. The van der Waals surface area contributed by atoms with Crippen LogP contribution < -0.4 is 11.1 Å². The SMILES string of the molecule is CC(/C(C=N)=C/Nc1ccccc1F)c1cc(-c2cnc(C(F)(F)F)nc2)c(/C(N)=N\C=N)[nH]1. The van der Waals surface area contributed by atoms with Crippen molar-refractivity contribution < 1.29 is 17.6 Å². The summed E-state index contributed by atoms with van der Waals surface area (Å²) in [5.74, 6) is -2.25. The molecule has 1 aromatic carbocycles. The first-order valence-electron chi connectivity index (χ1n) is 9.82. The van der Waals surface area contributed by atoms with Crippen LogP contribution in [0.25, 0.3) is 11.1 Å². The second kappa shape index (κ2) is 10.1. The number of anilines is 1. The van der Waals surface area contributed by atoms with Crippen LogP contribution in [-0.2, 0) is 6.18 Å². The topological polar surface area (TPSA) is 140 Å². The van der Waals surface area contributed by atoms with Gasteiger partial charge in [-0.2, -0.15) is 13.2 Å². The Hall–Kier alpha value is -4.35. The Morgan fingerprint density at radius 2 is 1.88 bits per heavy atom. The van der Waals surface area contributed by atoms with Crippen LogP contribution in [0.3, 0.4) is 0 Å². The zero-order chi connectivity index (χ0) is 24.9. The molecule has 0 amide bonds. The predicted molar refractivity (Wildman–Crippen MR) is 122 cm³/mol. The number of aliphatic imine (C=N–C) groups is 1. The summed E-state index contributed by atoms with van der Waals surface area (Å²) in [6, 6.07) is 7.68. The molecule has 0 aliphatic carbocycles. The Balaban J connectivity index is 2.00. The van der Waals surface area contributed by atoms with Gasteiger partial charge in [0.25, 0.3) is 0 Å². The minimum absolute atomic E-state index is 0.0757. The fourth-order valence-electron chi connectivity index (χ4n) is 3.10. The number of aromatic amines is 1. The number of nitrogens with zero attached hydrogens (tertiary/aromatic N) is 3. The lowest BCUT2D eigenvalue weighted by Crippen LogP contribution is -2.16. The monoisotopic (exact) mass is 472 g/mol. The zero-order valence-electron chi connectivity index (χ0n) is 17.8. The molecule has 3 aromatic rings. The summed E-state index contributed by atoms with van der Waals surface area (Å²) >= 11 is 0. The summed E-state index contributed by atoms with van der Waals surface area (Å²) in [5, 5.41) is 17.8. The van der Waals surface area contributed by atoms with E-state index in [1.165, 1.54) is 12.3 Å². The highest BCUT2D eigenvalue weighted by Crippen LogP contribution is 2.32. The number of amidine groups is 1. The van der Waals surface area contributed by atoms with Crippen LogP contribution in [-0.4, -0.2) is 33.3 Å². The number of nitrogens with two attached hydrogens (primary N) is 1. The number of H-pyrrole nitrogens is 1. The van der Waals surface area contributed by atoms with Gasteiger partial charge in [0.2, 0.25) is 5.82 Å². The lowest BCUT2D eigenvalue weighted by molar-refractivity contribution is -0.144. The van der Waals surface area contributed by atoms with Gasteiger partial charge in [-0.15, -0.1) is 0 Å². The minimum atomic E-state index is -4.69. The van der Waals surface area contributed by atoms with Gasteiger partial charge in [-0.1, -0.05) is 19.1 Å². The molecule has 0 aliphatic heterocycles. The Bertz CT molecular complexity index is 1240. The molecule has 6 N–H and O–H groups in total. The van der Waals surface area contributed by atoms with Gasteiger partial charge >= 0.3 is 6.18 Å². The Labute approximate surface area is 191 Å². The smallest absolute Gasteiger partial charge is 0.382 e. The molecule has 176 valence electrons. The molecule has 34 heavy (non-hydrogen) atoms. The van der Waals surface area contributed by atoms with E-state index in [0.717, 1.165) is 24.9 Å². The van der Waals surface area contributed by atoms with E-state index >= 15 is 0 Å². The van der Waals surface area contributed by atoms with Crippen LogP contribution in [0.5, 0.6) is 0 Å². The van der Waals surface area contributed by atoms with Crippen molar-refractivity contribution in [3.05, 3.63) is 77.5 Å². The van der Waals surface area contributed by atoms with Crippen LogP contribution in [0.1, 0.15) is 30.1 Å². The van der Waals surface area contributed by atoms with Gasteiger partial charge in [0.15, 0.2) is 0 Å². The van der Waals surface area contributed by atoms with E-state index < -0.39 is 23.7 Å². The molecule has 1 atom stereocenters. The average molecular weight is 472 g/mol. The molecule has 0 spiro atoms. The molecule has 0 bridgehead atoms. The molecule has 1 unspecified atom stereocenters. The molecule has 2 heterocycles. The fourth-order valence-corrected chi connectivity index (χ4v) is 3.10. The maximum atomic E-state index is 13.9. The second-order valence-corrected chi connectivity index (χ2v) is 7.08. The third kappa shape index (κ3) is 5.34. The van der Waals surface area contributed by atoms with E-state index in [9.17, 15) is 17.6 Å². The van der Waals surface area contributed by atoms with E-state index in [4.69, 9.17) is 16.6 Å². The summed E-state index contributed by atoms with van der Waals surface area (Å²) in [4.78, 5) is 13.5. The first-order chi connectivity index (χ1) is 16.2. The third-order valence-electron chi connectivity index (χ3n) is 4.92. The molecule has 3 rings (SSSR count). The summed E-state index contributed by atoms with van der Waals surface area (Å²) in [6.07, 6.45) is 0.646. The number of hydrogen-bond acceptors (Lipinski definition) is 5. The van der Waals surface area contributed by atoms with Gasteiger partial charge in [0.05, 0.1) is 11.4 Å². The van der Waals surface area contributed by atoms with E-state index in [1.54, 1.807) is 31.2 Å². The molecule has 12 heteroatoms. The van der Waals surface area contributed by atoms with Crippen LogP contribution in [0, 0.1) is 16.6 Å². The zero-order valence-corrected chi connectivity index (χ0v) is 17.8. The van der Waals surface area contributed by atoms with E-state index in [-0.39, 0.29) is 22.8 Å². The maximum absolute atomic E-state index is 13.9. The number of allylic oxidation sites excluding steroid dienone is 1. The first kappa shape index (κ1) is 24.3. The molecule has 0 fully saturated rings. The molecular formula is C22H20F4N8. The molecule has 0 saturated carbocycles. The molecule has 0 saturated heterocycles. The first-order valence-corrected chi connectivity index (χ1v) is 9.82. The van der Waals surface area contributed by atoms with Crippen LogP contribution in [0.15, 0.2) is 59.5 Å². The van der Waals surface area contributed by atoms with Gasteiger partial charge in [-0.25, -0.2) is 19.4 Å². The Morgan fingerprint density at radius 1 is 1.21 bits per heavy atom.